The molecule has 0 radical (unpaired) electrons. The first kappa shape index (κ1) is 17.6. The van der Waals surface area contributed by atoms with E-state index in [1.807, 2.05) is 6.07 Å². The Morgan fingerprint density at radius 1 is 1.14 bits per heavy atom. The Balaban J connectivity index is 1.41. The maximum Gasteiger partial charge on any atom is 0.195 e. The Labute approximate surface area is 169 Å². The highest BCUT2D eigenvalue weighted by molar-refractivity contribution is 7.23. The van der Waals surface area contributed by atoms with Gasteiger partial charge in [0.25, 0.3) is 0 Å². The zero-order valence-electron chi connectivity index (χ0n) is 16.1. The second-order valence-corrected chi connectivity index (χ2v) is 9.05. The van der Waals surface area contributed by atoms with Crippen molar-refractivity contribution in [3.63, 3.8) is 0 Å². The van der Waals surface area contributed by atoms with Crippen molar-refractivity contribution >= 4 is 32.3 Å². The van der Waals surface area contributed by atoms with Crippen molar-refractivity contribution in [2.75, 3.05) is 0 Å². The number of rotatable bonds is 5. The van der Waals surface area contributed by atoms with Crippen LogP contribution in [0.25, 0.3) is 26.4 Å². The quantitative estimate of drug-likeness (QED) is 0.357. The second kappa shape index (κ2) is 7.17. The fourth-order valence-corrected chi connectivity index (χ4v) is 5.36. The first-order chi connectivity index (χ1) is 13.7. The van der Waals surface area contributed by atoms with E-state index in [1.54, 1.807) is 11.3 Å². The number of thiazole rings is 1. The number of nitrogens with zero attached hydrogens (tertiary/aromatic N) is 2. The van der Waals surface area contributed by atoms with Crippen molar-refractivity contribution < 1.29 is 4.79 Å². The Morgan fingerprint density at radius 3 is 2.71 bits per heavy atom. The van der Waals surface area contributed by atoms with Gasteiger partial charge in [0, 0.05) is 23.7 Å². The molecule has 1 fully saturated rings. The molecule has 0 spiro atoms. The summed E-state index contributed by atoms with van der Waals surface area (Å²) in [5.74, 6) is 1.04. The number of carbonyl (C=O) groups excluding carboxylic acids is 1. The zero-order valence-corrected chi connectivity index (χ0v) is 17.0. The van der Waals surface area contributed by atoms with Crippen LogP contribution in [-0.2, 0) is 0 Å². The molecule has 1 aliphatic carbocycles. The topological polar surface area (TPSA) is 34.4 Å². The highest BCUT2D eigenvalue weighted by Crippen LogP contribution is 2.32. The van der Waals surface area contributed by atoms with Crippen LogP contribution in [0.3, 0.4) is 0 Å². The highest BCUT2D eigenvalue weighted by atomic mass is 32.1. The number of hydrogen-bond donors (Lipinski definition) is 0. The van der Waals surface area contributed by atoms with Gasteiger partial charge in [-0.2, -0.15) is 0 Å². The number of Topliss-reactive ketones (excluding diaryl/α,β-unsaturated/α-hetero) is 1. The molecule has 0 atom stereocenters. The molecule has 2 heterocycles. The van der Waals surface area contributed by atoms with E-state index in [0.29, 0.717) is 6.42 Å². The molecule has 142 valence electrons. The number of aromatic nitrogens is 2. The molecule has 28 heavy (non-hydrogen) atoms. The molecule has 0 amide bonds. The smallest absolute Gasteiger partial charge is 0.195 e. The van der Waals surface area contributed by atoms with Gasteiger partial charge in [-0.1, -0.05) is 66.8 Å². The maximum absolute atomic E-state index is 12.6. The molecular formula is C24H24N2OS. The summed E-state index contributed by atoms with van der Waals surface area (Å²) in [6.45, 7) is 2.09. The number of ketones is 1. The predicted octanol–water partition coefficient (Wildman–Crippen LogP) is 6.68. The van der Waals surface area contributed by atoms with Crippen LogP contribution in [-0.4, -0.2) is 15.2 Å². The summed E-state index contributed by atoms with van der Waals surface area (Å²) in [4.78, 5) is 18.4. The summed E-state index contributed by atoms with van der Waals surface area (Å²) in [5.41, 5.74) is 5.34. The van der Waals surface area contributed by atoms with E-state index in [4.69, 9.17) is 4.98 Å². The normalized spacial score (nSPS) is 15.0. The Bertz CT molecular complexity index is 1150. The van der Waals surface area contributed by atoms with Gasteiger partial charge in [0.2, 0.25) is 0 Å². The largest absolute Gasteiger partial charge is 0.294 e. The van der Waals surface area contributed by atoms with Crippen LogP contribution in [0.15, 0.2) is 48.7 Å². The van der Waals surface area contributed by atoms with Crippen molar-refractivity contribution in [1.29, 1.82) is 0 Å². The van der Waals surface area contributed by atoms with Crippen LogP contribution in [0, 0.1) is 12.8 Å². The molecule has 4 heteroatoms. The van der Waals surface area contributed by atoms with Gasteiger partial charge < -0.3 is 0 Å². The first-order valence-electron chi connectivity index (χ1n) is 10.2. The van der Waals surface area contributed by atoms with Gasteiger partial charge in [-0.05, 0) is 37.5 Å². The molecule has 4 aromatic rings. The molecule has 0 saturated heterocycles. The molecule has 5 rings (SSSR count). The molecule has 0 aliphatic heterocycles. The van der Waals surface area contributed by atoms with Crippen molar-refractivity contribution in [2.24, 2.45) is 5.92 Å². The van der Waals surface area contributed by atoms with E-state index < -0.39 is 0 Å². The van der Waals surface area contributed by atoms with Gasteiger partial charge in [-0.25, -0.2) is 4.98 Å². The first-order valence-corrected chi connectivity index (χ1v) is 11.0. The monoisotopic (exact) mass is 388 g/mol. The van der Waals surface area contributed by atoms with Crippen molar-refractivity contribution in [3.8, 4) is 11.3 Å². The number of aryl methyl sites for hydroxylation is 1. The lowest BCUT2D eigenvalue weighted by Gasteiger charge is -2.07. The highest BCUT2D eigenvalue weighted by Gasteiger charge is 2.18. The minimum atomic E-state index is 0.278. The number of imidazole rings is 1. The Kier molecular flexibility index (Phi) is 4.52. The van der Waals surface area contributed by atoms with E-state index in [2.05, 4.69) is 53.9 Å². The van der Waals surface area contributed by atoms with Crippen LogP contribution < -0.4 is 0 Å². The minimum absolute atomic E-state index is 0.278. The van der Waals surface area contributed by atoms with E-state index in [-0.39, 0.29) is 5.78 Å². The fraction of sp³-hybridized carbons (Fsp3) is 0.333. The molecule has 0 unspecified atom stereocenters. The number of fused-ring (bicyclic) bond motifs is 3. The third kappa shape index (κ3) is 3.26. The summed E-state index contributed by atoms with van der Waals surface area (Å²) in [7, 11) is 0. The summed E-state index contributed by atoms with van der Waals surface area (Å²) in [6.07, 6.45) is 9.10. The van der Waals surface area contributed by atoms with Crippen LogP contribution >= 0.6 is 11.3 Å². The average Bonchev–Trinajstić information content (AvgIpc) is 3.42. The molecule has 1 saturated carbocycles. The van der Waals surface area contributed by atoms with Crippen molar-refractivity contribution in [1.82, 2.24) is 9.38 Å². The predicted molar refractivity (Wildman–Crippen MR) is 116 cm³/mol. The van der Waals surface area contributed by atoms with E-state index in [9.17, 15) is 4.79 Å². The zero-order chi connectivity index (χ0) is 19.1. The van der Waals surface area contributed by atoms with Crippen molar-refractivity contribution in [2.45, 2.75) is 45.4 Å². The van der Waals surface area contributed by atoms with Gasteiger partial charge >= 0.3 is 0 Å². The third-order valence-corrected chi connectivity index (χ3v) is 7.04. The minimum Gasteiger partial charge on any atom is -0.294 e. The number of benzene rings is 2. The molecule has 0 bridgehead atoms. The van der Waals surface area contributed by atoms with Gasteiger partial charge in [0.1, 0.15) is 0 Å². The van der Waals surface area contributed by atoms with E-state index >= 15 is 0 Å². The van der Waals surface area contributed by atoms with Crippen LogP contribution in [0.2, 0.25) is 0 Å². The van der Waals surface area contributed by atoms with Gasteiger partial charge in [-0.15, -0.1) is 0 Å². The molecule has 2 aromatic carbocycles. The molecule has 3 nitrogen and oxygen atoms in total. The van der Waals surface area contributed by atoms with Crippen LogP contribution in [0.1, 0.15) is 54.4 Å². The standard InChI is InChI=1S/C24H24N2OS/c1-16-6-9-18(10-7-16)20-15-26-21-12-11-19(14-23(21)28-24(26)25-20)22(27)13-8-17-4-2-3-5-17/h6-7,9-12,14-15,17H,2-5,8,13H2,1H3. The summed E-state index contributed by atoms with van der Waals surface area (Å²) < 4.78 is 3.27. The van der Waals surface area contributed by atoms with E-state index in [1.165, 1.54) is 31.2 Å². The number of hydrogen-bond acceptors (Lipinski definition) is 3. The molecular weight excluding hydrogens is 364 g/mol. The molecule has 2 aromatic heterocycles. The Morgan fingerprint density at radius 2 is 1.93 bits per heavy atom. The summed E-state index contributed by atoms with van der Waals surface area (Å²) in [6, 6.07) is 14.6. The SMILES string of the molecule is Cc1ccc(-c2cn3c(n2)sc2cc(C(=O)CCC4CCCC4)ccc23)cc1. The second-order valence-electron chi connectivity index (χ2n) is 8.04. The van der Waals surface area contributed by atoms with Crippen LogP contribution in [0.4, 0.5) is 0 Å². The average molecular weight is 389 g/mol. The van der Waals surface area contributed by atoms with Crippen molar-refractivity contribution in [3.05, 3.63) is 59.8 Å². The van der Waals surface area contributed by atoms with Gasteiger partial charge in [0.15, 0.2) is 10.7 Å². The van der Waals surface area contributed by atoms with Gasteiger partial charge in [-0.3, -0.25) is 9.20 Å². The van der Waals surface area contributed by atoms with Gasteiger partial charge in [0.05, 0.1) is 15.9 Å². The Hall–Kier alpha value is -2.46. The fourth-order valence-electron chi connectivity index (χ4n) is 4.32. The molecule has 0 N–H and O–H groups in total. The third-order valence-electron chi connectivity index (χ3n) is 6.02. The van der Waals surface area contributed by atoms with Crippen LogP contribution in [0.5, 0.6) is 0 Å². The summed E-state index contributed by atoms with van der Waals surface area (Å²) >= 11 is 1.65. The lowest BCUT2D eigenvalue weighted by molar-refractivity contribution is 0.0974. The maximum atomic E-state index is 12.6. The number of carbonyl (C=O) groups is 1. The lowest BCUT2D eigenvalue weighted by atomic mass is 9.97. The van der Waals surface area contributed by atoms with E-state index in [0.717, 1.165) is 44.3 Å². The molecule has 1 aliphatic rings. The summed E-state index contributed by atoms with van der Waals surface area (Å²) in [5, 5.41) is 0. The lowest BCUT2D eigenvalue weighted by Crippen LogP contribution is -2.02.